The summed E-state index contributed by atoms with van der Waals surface area (Å²) in [6, 6.07) is 0.218. The first-order chi connectivity index (χ1) is 7.37. The Hall–Kier alpha value is -0.710. The van der Waals surface area contributed by atoms with Crippen LogP contribution >= 0.6 is 0 Å². The molecule has 0 aliphatic heterocycles. The fourth-order valence-corrected chi connectivity index (χ4v) is 2.88. The molecule has 3 nitrogen and oxygen atoms in total. The van der Waals surface area contributed by atoms with E-state index in [1.165, 1.54) is 0 Å². The summed E-state index contributed by atoms with van der Waals surface area (Å²) in [5.74, 6) is -2.18. The van der Waals surface area contributed by atoms with Gasteiger partial charge in [-0.2, -0.15) is 0 Å². The van der Waals surface area contributed by atoms with Crippen LogP contribution in [0.25, 0.3) is 0 Å². The molecule has 4 atom stereocenters. The Morgan fingerprint density at radius 2 is 2.12 bits per heavy atom. The van der Waals surface area contributed by atoms with Crippen molar-refractivity contribution in [1.29, 1.82) is 0 Å². The quantitative estimate of drug-likeness (QED) is 0.766. The number of halogens is 2. The largest absolute Gasteiger partial charge is 0.350 e. The Balaban J connectivity index is 1.79. The van der Waals surface area contributed by atoms with Gasteiger partial charge in [0.25, 0.3) is 5.92 Å². The zero-order valence-electron chi connectivity index (χ0n) is 9.38. The fraction of sp³-hybridized carbons (Fsp3) is 0.909. The molecule has 4 unspecified atom stereocenters. The van der Waals surface area contributed by atoms with Gasteiger partial charge in [-0.3, -0.25) is 4.79 Å². The van der Waals surface area contributed by atoms with Gasteiger partial charge in [-0.05, 0) is 31.1 Å². The molecule has 0 saturated heterocycles. The molecule has 5 heteroatoms. The minimum Gasteiger partial charge on any atom is -0.350 e. The second-order valence-corrected chi connectivity index (χ2v) is 5.28. The molecule has 0 bridgehead atoms. The molecule has 3 N–H and O–H groups in total. The average molecular weight is 232 g/mol. The number of amides is 1. The highest BCUT2D eigenvalue weighted by molar-refractivity contribution is 5.79. The molecule has 0 heterocycles. The topological polar surface area (TPSA) is 55.1 Å². The number of nitrogens with two attached hydrogens (primary N) is 1. The van der Waals surface area contributed by atoms with Gasteiger partial charge in [0.15, 0.2) is 0 Å². The van der Waals surface area contributed by atoms with E-state index in [0.717, 1.165) is 26.2 Å². The summed E-state index contributed by atoms with van der Waals surface area (Å²) < 4.78 is 25.1. The number of carbonyl (C=O) groups excluding carboxylic acids is 1. The highest BCUT2D eigenvalue weighted by Gasteiger charge is 2.47. The normalized spacial score (nSPS) is 37.8. The SMILES string of the molecule is CC(F)(F)CNC(=O)C1CC2CC(N)C2C1. The first kappa shape index (κ1) is 11.8. The maximum absolute atomic E-state index is 12.6. The standard InChI is InChI=1S/C11H18F2N2O/c1-11(12,13)5-15-10(16)7-2-6-4-9(14)8(6)3-7/h6-9H,2-5,14H2,1H3,(H,15,16). The summed E-state index contributed by atoms with van der Waals surface area (Å²) in [6.45, 7) is 0.241. The molecule has 0 aromatic carbocycles. The van der Waals surface area contributed by atoms with Crippen LogP contribution in [0.1, 0.15) is 26.2 Å². The number of fused-ring (bicyclic) bond motifs is 1. The molecule has 16 heavy (non-hydrogen) atoms. The Morgan fingerprint density at radius 3 is 2.62 bits per heavy atom. The van der Waals surface area contributed by atoms with Crippen molar-refractivity contribution in [2.45, 2.75) is 38.2 Å². The number of rotatable bonds is 3. The molecule has 0 radical (unpaired) electrons. The van der Waals surface area contributed by atoms with Crippen molar-refractivity contribution in [1.82, 2.24) is 5.32 Å². The molecule has 2 aliphatic rings. The van der Waals surface area contributed by atoms with Gasteiger partial charge in [-0.15, -0.1) is 0 Å². The first-order valence-corrected chi connectivity index (χ1v) is 5.78. The Kier molecular flexibility index (Phi) is 2.90. The van der Waals surface area contributed by atoms with E-state index in [-0.39, 0.29) is 17.9 Å². The summed E-state index contributed by atoms with van der Waals surface area (Å²) in [6.07, 6.45) is 2.57. The first-order valence-electron chi connectivity index (χ1n) is 5.78. The van der Waals surface area contributed by atoms with Gasteiger partial charge in [0.2, 0.25) is 5.91 Å². The van der Waals surface area contributed by atoms with Crippen molar-refractivity contribution in [3.8, 4) is 0 Å². The van der Waals surface area contributed by atoms with E-state index in [0.29, 0.717) is 11.8 Å². The Morgan fingerprint density at radius 1 is 1.44 bits per heavy atom. The van der Waals surface area contributed by atoms with Crippen LogP contribution in [0.3, 0.4) is 0 Å². The van der Waals surface area contributed by atoms with Gasteiger partial charge in [0.05, 0.1) is 6.54 Å². The molecule has 2 saturated carbocycles. The summed E-state index contributed by atoms with van der Waals surface area (Å²) in [7, 11) is 0. The smallest absolute Gasteiger partial charge is 0.262 e. The molecule has 2 aliphatic carbocycles. The van der Waals surface area contributed by atoms with Crippen LogP contribution < -0.4 is 11.1 Å². The molecule has 0 spiro atoms. The van der Waals surface area contributed by atoms with Crippen LogP contribution in [0.4, 0.5) is 8.78 Å². The maximum atomic E-state index is 12.6. The molecule has 2 fully saturated rings. The number of carbonyl (C=O) groups is 1. The second kappa shape index (κ2) is 3.95. The summed E-state index contributed by atoms with van der Waals surface area (Å²) in [5.41, 5.74) is 5.82. The van der Waals surface area contributed by atoms with E-state index in [4.69, 9.17) is 5.73 Å². The lowest BCUT2D eigenvalue weighted by atomic mass is 9.72. The highest BCUT2D eigenvalue weighted by atomic mass is 19.3. The zero-order chi connectivity index (χ0) is 11.9. The van der Waals surface area contributed by atoms with Crippen LogP contribution in [0.5, 0.6) is 0 Å². The van der Waals surface area contributed by atoms with Crippen molar-refractivity contribution in [3.05, 3.63) is 0 Å². The Bertz CT molecular complexity index is 290. The molecular formula is C11H18F2N2O. The number of nitrogens with one attached hydrogen (secondary N) is 1. The van der Waals surface area contributed by atoms with E-state index in [1.54, 1.807) is 0 Å². The van der Waals surface area contributed by atoms with Crippen LogP contribution in [0.2, 0.25) is 0 Å². The zero-order valence-corrected chi connectivity index (χ0v) is 9.38. The predicted octanol–water partition coefficient (Wildman–Crippen LogP) is 1.13. The predicted molar refractivity (Wildman–Crippen MR) is 55.9 cm³/mol. The van der Waals surface area contributed by atoms with Gasteiger partial charge >= 0.3 is 0 Å². The molecule has 0 aromatic rings. The van der Waals surface area contributed by atoms with Gasteiger partial charge in [0, 0.05) is 18.9 Å². The third-order valence-corrected chi connectivity index (χ3v) is 3.82. The average Bonchev–Trinajstić information content (AvgIpc) is 2.51. The van der Waals surface area contributed by atoms with Gasteiger partial charge in [-0.1, -0.05) is 0 Å². The minimum atomic E-state index is -2.83. The number of alkyl halides is 2. The van der Waals surface area contributed by atoms with Gasteiger partial charge in [0.1, 0.15) is 0 Å². The molecule has 92 valence electrons. The van der Waals surface area contributed by atoms with Crippen LogP contribution in [0, 0.1) is 17.8 Å². The monoisotopic (exact) mass is 232 g/mol. The van der Waals surface area contributed by atoms with Crippen molar-refractivity contribution in [2.75, 3.05) is 6.54 Å². The summed E-state index contributed by atoms with van der Waals surface area (Å²) in [4.78, 5) is 11.6. The molecule has 1 amide bonds. The van der Waals surface area contributed by atoms with Crippen LogP contribution in [-0.4, -0.2) is 24.4 Å². The third kappa shape index (κ3) is 2.34. The minimum absolute atomic E-state index is 0.106. The lowest BCUT2D eigenvalue weighted by molar-refractivity contribution is -0.126. The van der Waals surface area contributed by atoms with Crippen LogP contribution in [-0.2, 0) is 4.79 Å². The van der Waals surface area contributed by atoms with E-state index < -0.39 is 12.5 Å². The van der Waals surface area contributed by atoms with E-state index in [1.807, 2.05) is 0 Å². The van der Waals surface area contributed by atoms with Crippen molar-refractivity contribution < 1.29 is 13.6 Å². The van der Waals surface area contributed by atoms with E-state index in [2.05, 4.69) is 5.32 Å². The molecular weight excluding hydrogens is 214 g/mol. The van der Waals surface area contributed by atoms with E-state index >= 15 is 0 Å². The van der Waals surface area contributed by atoms with Gasteiger partial charge in [-0.25, -0.2) is 8.78 Å². The van der Waals surface area contributed by atoms with Crippen LogP contribution in [0.15, 0.2) is 0 Å². The number of hydrogen-bond donors (Lipinski definition) is 2. The fourth-order valence-electron chi connectivity index (χ4n) is 2.88. The lowest BCUT2D eigenvalue weighted by Gasteiger charge is -2.37. The Labute approximate surface area is 93.8 Å². The van der Waals surface area contributed by atoms with Crippen molar-refractivity contribution in [2.24, 2.45) is 23.5 Å². The maximum Gasteiger partial charge on any atom is 0.262 e. The highest BCUT2D eigenvalue weighted by Crippen LogP contribution is 2.48. The van der Waals surface area contributed by atoms with Crippen molar-refractivity contribution in [3.63, 3.8) is 0 Å². The second-order valence-electron chi connectivity index (χ2n) is 5.28. The van der Waals surface area contributed by atoms with E-state index in [9.17, 15) is 13.6 Å². The summed E-state index contributed by atoms with van der Waals surface area (Å²) >= 11 is 0. The van der Waals surface area contributed by atoms with Crippen molar-refractivity contribution >= 4 is 5.91 Å². The molecule has 2 rings (SSSR count). The molecule has 0 aromatic heterocycles. The third-order valence-electron chi connectivity index (χ3n) is 3.82. The summed E-state index contributed by atoms with van der Waals surface area (Å²) in [5, 5.41) is 2.32. The van der Waals surface area contributed by atoms with Gasteiger partial charge < -0.3 is 11.1 Å². The lowest BCUT2D eigenvalue weighted by Crippen LogP contribution is -2.44. The number of hydrogen-bond acceptors (Lipinski definition) is 2.